The molecule has 1 unspecified atom stereocenters. The average Bonchev–Trinajstić information content (AvgIpc) is 2.95. The summed E-state index contributed by atoms with van der Waals surface area (Å²) in [5.41, 5.74) is 2.08. The molecule has 5 heteroatoms. The van der Waals surface area contributed by atoms with Crippen LogP contribution < -0.4 is 0 Å². The quantitative estimate of drug-likeness (QED) is 0.736. The van der Waals surface area contributed by atoms with Gasteiger partial charge in [0.05, 0.1) is 7.05 Å². The molecule has 2 heterocycles. The zero-order valence-electron chi connectivity index (χ0n) is 10.4. The highest BCUT2D eigenvalue weighted by Crippen LogP contribution is 2.29. The molecule has 0 aromatic carbocycles. The topological polar surface area (TPSA) is 47.2 Å². The molecule has 1 amide bonds. The van der Waals surface area contributed by atoms with Gasteiger partial charge in [-0.2, -0.15) is 4.48 Å². The largest absolute Gasteiger partial charge is 0.439 e. The first-order chi connectivity index (χ1) is 8.13. The van der Waals surface area contributed by atoms with Crippen molar-refractivity contribution in [2.75, 3.05) is 7.05 Å². The fourth-order valence-electron chi connectivity index (χ4n) is 2.20. The van der Waals surface area contributed by atoms with E-state index in [9.17, 15) is 4.79 Å². The predicted molar refractivity (Wildman–Crippen MR) is 65.3 cm³/mol. The molecule has 1 aliphatic rings. The number of carbonyl (C=O) groups is 1. The molecule has 0 radical (unpaired) electrons. The van der Waals surface area contributed by atoms with Gasteiger partial charge in [0.2, 0.25) is 6.34 Å². The summed E-state index contributed by atoms with van der Waals surface area (Å²) in [7, 11) is 1.87. The van der Waals surface area contributed by atoms with Crippen molar-refractivity contribution in [2.24, 2.45) is 4.99 Å². The minimum atomic E-state index is -0.0495. The summed E-state index contributed by atoms with van der Waals surface area (Å²) in [5, 5.41) is 0. The van der Waals surface area contributed by atoms with E-state index in [2.05, 4.69) is 23.8 Å². The molecule has 1 atom stereocenters. The number of aliphatic imine (C=N–C) groups is 1. The summed E-state index contributed by atoms with van der Waals surface area (Å²) in [6, 6.07) is -0.0495. The van der Waals surface area contributed by atoms with Crippen LogP contribution >= 0.6 is 0 Å². The molecule has 0 bridgehead atoms. The number of aromatic nitrogens is 2. The highest BCUT2D eigenvalue weighted by atomic mass is 16.2. The van der Waals surface area contributed by atoms with Crippen molar-refractivity contribution in [3.05, 3.63) is 30.1 Å². The number of hydrogen-bond donors (Lipinski definition) is 0. The first-order valence-electron chi connectivity index (χ1n) is 5.80. The van der Waals surface area contributed by atoms with Crippen molar-refractivity contribution in [3.63, 3.8) is 0 Å². The molecule has 1 aromatic heterocycles. The number of imidazole rings is 1. The predicted octanol–water partition coefficient (Wildman–Crippen LogP) is 2.37. The number of nitrogens with zero attached hydrogens (tertiary/aromatic N) is 4. The van der Waals surface area contributed by atoms with Crippen molar-refractivity contribution in [1.82, 2.24) is 9.55 Å². The molecule has 0 saturated carbocycles. The Hall–Kier alpha value is -1.75. The van der Waals surface area contributed by atoms with Gasteiger partial charge in [-0.25, -0.2) is 19.3 Å². The van der Waals surface area contributed by atoms with E-state index in [4.69, 9.17) is 0 Å². The van der Waals surface area contributed by atoms with E-state index in [1.54, 1.807) is 18.7 Å². The summed E-state index contributed by atoms with van der Waals surface area (Å²) < 4.78 is 1.62. The minimum absolute atomic E-state index is 0.0495. The Morgan fingerprint density at radius 1 is 1.41 bits per heavy atom. The Balaban J connectivity index is 2.41. The van der Waals surface area contributed by atoms with E-state index in [1.807, 2.05) is 7.05 Å². The van der Waals surface area contributed by atoms with Crippen molar-refractivity contribution in [3.8, 4) is 0 Å². The number of hydrogen-bond acceptors (Lipinski definition) is 3. The summed E-state index contributed by atoms with van der Waals surface area (Å²) in [6.45, 7) is 4.11. The van der Waals surface area contributed by atoms with Crippen LogP contribution in [0.2, 0.25) is 0 Å². The van der Waals surface area contributed by atoms with Crippen LogP contribution in [0.25, 0.3) is 0 Å². The van der Waals surface area contributed by atoms with Gasteiger partial charge < -0.3 is 0 Å². The van der Waals surface area contributed by atoms with E-state index in [0.29, 0.717) is 0 Å². The van der Waals surface area contributed by atoms with E-state index in [-0.39, 0.29) is 10.5 Å². The summed E-state index contributed by atoms with van der Waals surface area (Å²) in [5.74, 6) is 0. The van der Waals surface area contributed by atoms with E-state index in [0.717, 1.165) is 24.2 Å². The maximum Gasteiger partial charge on any atom is 0.439 e. The van der Waals surface area contributed by atoms with Crippen LogP contribution in [0.5, 0.6) is 0 Å². The molecular formula is C12H17N4O+. The smallest absolute Gasteiger partial charge is 0.245 e. The first kappa shape index (κ1) is 11.7. The lowest BCUT2D eigenvalue weighted by Crippen LogP contribution is -2.47. The zero-order valence-corrected chi connectivity index (χ0v) is 10.4. The molecule has 2 rings (SSSR count). The lowest BCUT2D eigenvalue weighted by atomic mass is 10.2. The lowest BCUT2D eigenvalue weighted by molar-refractivity contribution is -0.683. The second kappa shape index (κ2) is 4.25. The molecule has 0 fully saturated rings. The standard InChI is InChI=1S/C12H17N4O/c1-4-10-11(5-2)16(3,9-14-10)12(17)15-7-6-13-8-15/h6-9H,4-5H2,1-3H3/q+1. The second-order valence-corrected chi connectivity index (χ2v) is 4.17. The van der Waals surface area contributed by atoms with Gasteiger partial charge >= 0.3 is 6.03 Å². The third kappa shape index (κ3) is 1.72. The Morgan fingerprint density at radius 3 is 2.71 bits per heavy atom. The van der Waals surface area contributed by atoms with Gasteiger partial charge in [0.15, 0.2) is 0 Å². The zero-order chi connectivity index (χ0) is 12.5. The van der Waals surface area contributed by atoms with Crippen LogP contribution in [-0.4, -0.2) is 33.5 Å². The summed E-state index contributed by atoms with van der Waals surface area (Å²) in [6.07, 6.45) is 8.17. The maximum atomic E-state index is 12.4. The van der Waals surface area contributed by atoms with E-state index in [1.165, 1.54) is 10.9 Å². The number of rotatable bonds is 2. The Labute approximate surface area is 101 Å². The lowest BCUT2D eigenvalue weighted by Gasteiger charge is -2.24. The van der Waals surface area contributed by atoms with Crippen molar-refractivity contribution in [2.45, 2.75) is 26.7 Å². The van der Waals surface area contributed by atoms with Crippen LogP contribution in [0.3, 0.4) is 0 Å². The van der Waals surface area contributed by atoms with Crippen LogP contribution in [-0.2, 0) is 0 Å². The monoisotopic (exact) mass is 233 g/mol. The number of amides is 1. The second-order valence-electron chi connectivity index (χ2n) is 4.17. The molecule has 0 aliphatic carbocycles. The average molecular weight is 233 g/mol. The van der Waals surface area contributed by atoms with Crippen LogP contribution in [0, 0.1) is 0 Å². The number of quaternary nitrogens is 1. The van der Waals surface area contributed by atoms with Gasteiger partial charge in [-0.3, -0.25) is 0 Å². The SMILES string of the molecule is CCC1=C(CC)[N+](C)(C(=O)n2ccnc2)C=N1. The normalized spacial score (nSPS) is 23.5. The molecule has 1 aromatic rings. The van der Waals surface area contributed by atoms with Crippen molar-refractivity contribution >= 4 is 12.4 Å². The molecule has 17 heavy (non-hydrogen) atoms. The number of allylic oxidation sites excluding steroid dienone is 2. The fourth-order valence-corrected chi connectivity index (χ4v) is 2.20. The van der Waals surface area contributed by atoms with Gasteiger partial charge in [-0.15, -0.1) is 0 Å². The van der Waals surface area contributed by atoms with Gasteiger partial charge in [0, 0.05) is 18.8 Å². The first-order valence-corrected chi connectivity index (χ1v) is 5.80. The third-order valence-electron chi connectivity index (χ3n) is 3.13. The van der Waals surface area contributed by atoms with E-state index < -0.39 is 0 Å². The molecule has 1 aliphatic heterocycles. The maximum absolute atomic E-state index is 12.4. The molecule has 90 valence electrons. The van der Waals surface area contributed by atoms with Crippen LogP contribution in [0.4, 0.5) is 4.79 Å². The van der Waals surface area contributed by atoms with Crippen molar-refractivity contribution < 1.29 is 9.28 Å². The summed E-state index contributed by atoms with van der Waals surface area (Å²) >= 11 is 0. The van der Waals surface area contributed by atoms with Gasteiger partial charge in [-0.1, -0.05) is 13.8 Å². The molecular weight excluding hydrogens is 216 g/mol. The third-order valence-corrected chi connectivity index (χ3v) is 3.13. The Kier molecular flexibility index (Phi) is 2.93. The molecule has 5 nitrogen and oxygen atoms in total. The van der Waals surface area contributed by atoms with Crippen LogP contribution in [0.1, 0.15) is 26.7 Å². The van der Waals surface area contributed by atoms with Gasteiger partial charge in [-0.05, 0) is 6.42 Å². The highest BCUT2D eigenvalue weighted by molar-refractivity contribution is 5.80. The molecule has 0 N–H and O–H groups in total. The number of carbonyl (C=O) groups excluding carboxylic acids is 1. The van der Waals surface area contributed by atoms with Gasteiger partial charge in [0.25, 0.3) is 0 Å². The molecule has 0 saturated heterocycles. The fraction of sp³-hybridized carbons (Fsp3) is 0.417. The minimum Gasteiger partial charge on any atom is -0.245 e. The summed E-state index contributed by atoms with van der Waals surface area (Å²) in [4.78, 5) is 20.7. The van der Waals surface area contributed by atoms with E-state index >= 15 is 0 Å². The van der Waals surface area contributed by atoms with Crippen molar-refractivity contribution in [1.29, 1.82) is 0 Å². The van der Waals surface area contributed by atoms with Crippen LogP contribution in [0.15, 0.2) is 35.1 Å². The Morgan fingerprint density at radius 2 is 2.18 bits per heavy atom. The van der Waals surface area contributed by atoms with Gasteiger partial charge in [0.1, 0.15) is 17.7 Å². The Bertz CT molecular complexity index is 487. The molecule has 0 spiro atoms. The highest BCUT2D eigenvalue weighted by Gasteiger charge is 2.41.